The maximum Gasteiger partial charge on any atom is 0.243 e. The van der Waals surface area contributed by atoms with Gasteiger partial charge in [-0.1, -0.05) is 22.9 Å². The van der Waals surface area contributed by atoms with Crippen LogP contribution in [-0.4, -0.2) is 29.3 Å². The number of nitrogens with two attached hydrogens (primary N) is 1. The number of amides is 2. The van der Waals surface area contributed by atoms with Crippen LogP contribution in [-0.2, 0) is 16.1 Å². The summed E-state index contributed by atoms with van der Waals surface area (Å²) in [5, 5.41) is 2.37. The van der Waals surface area contributed by atoms with Gasteiger partial charge in [0.15, 0.2) is 0 Å². The molecule has 2 rings (SSSR count). The molecule has 0 spiro atoms. The summed E-state index contributed by atoms with van der Waals surface area (Å²) in [6.07, 6.45) is 0.669. The molecular weight excluding hydrogens is 310 g/mol. The van der Waals surface area contributed by atoms with Crippen LogP contribution in [0, 0.1) is 0 Å². The molecule has 0 aliphatic carbocycles. The maximum absolute atomic E-state index is 11.8. The van der Waals surface area contributed by atoms with Crippen LogP contribution in [0.5, 0.6) is 0 Å². The predicted octanol–water partition coefficient (Wildman–Crippen LogP) is 1.27. The molecule has 102 valence electrons. The first kappa shape index (κ1) is 14.0. The summed E-state index contributed by atoms with van der Waals surface area (Å²) in [5.74, 6) is -0.473. The average molecular weight is 326 g/mol. The van der Waals surface area contributed by atoms with Gasteiger partial charge in [0.05, 0.1) is 12.6 Å². The Morgan fingerprint density at radius 3 is 2.79 bits per heavy atom. The van der Waals surface area contributed by atoms with Gasteiger partial charge in [0.1, 0.15) is 0 Å². The number of carbonyl (C=O) groups excluding carboxylic acids is 2. The quantitative estimate of drug-likeness (QED) is 0.648. The predicted molar refractivity (Wildman–Crippen MR) is 76.2 cm³/mol. The maximum atomic E-state index is 11.8. The molecule has 0 saturated carbocycles. The second-order valence-corrected chi connectivity index (χ2v) is 5.55. The highest BCUT2D eigenvalue weighted by Gasteiger charge is 2.32. The van der Waals surface area contributed by atoms with Crippen molar-refractivity contribution in [1.29, 1.82) is 0 Å². The molecule has 3 N–H and O–H groups in total. The molecule has 1 aromatic carbocycles. The first-order valence-corrected chi connectivity index (χ1v) is 6.91. The van der Waals surface area contributed by atoms with Crippen LogP contribution in [0.2, 0.25) is 0 Å². The van der Waals surface area contributed by atoms with Crippen molar-refractivity contribution in [3.63, 3.8) is 0 Å². The SMILES string of the molecule is CCC1C(=O)NC(=O)CN1Cc1cc(N)cc(Br)c1. The van der Waals surface area contributed by atoms with E-state index >= 15 is 0 Å². The summed E-state index contributed by atoms with van der Waals surface area (Å²) in [7, 11) is 0. The van der Waals surface area contributed by atoms with Gasteiger partial charge in [-0.2, -0.15) is 0 Å². The van der Waals surface area contributed by atoms with E-state index < -0.39 is 0 Å². The lowest BCUT2D eigenvalue weighted by Gasteiger charge is -2.33. The Morgan fingerprint density at radius 2 is 2.16 bits per heavy atom. The van der Waals surface area contributed by atoms with Gasteiger partial charge in [0.25, 0.3) is 0 Å². The van der Waals surface area contributed by atoms with Crippen LogP contribution in [0.15, 0.2) is 22.7 Å². The Morgan fingerprint density at radius 1 is 1.42 bits per heavy atom. The Labute approximate surface area is 120 Å². The number of benzene rings is 1. The molecule has 0 radical (unpaired) electrons. The van der Waals surface area contributed by atoms with E-state index in [1.165, 1.54) is 0 Å². The van der Waals surface area contributed by atoms with Gasteiger partial charge >= 0.3 is 0 Å². The minimum absolute atomic E-state index is 0.221. The summed E-state index contributed by atoms with van der Waals surface area (Å²) in [4.78, 5) is 25.1. The first-order chi connectivity index (χ1) is 8.99. The zero-order chi connectivity index (χ0) is 14.0. The van der Waals surface area contributed by atoms with Crippen LogP contribution < -0.4 is 11.1 Å². The molecule has 0 bridgehead atoms. The fourth-order valence-electron chi connectivity index (χ4n) is 2.33. The van der Waals surface area contributed by atoms with E-state index in [1.807, 2.05) is 30.0 Å². The van der Waals surface area contributed by atoms with Crippen molar-refractivity contribution in [1.82, 2.24) is 10.2 Å². The van der Waals surface area contributed by atoms with Crippen LogP contribution >= 0.6 is 15.9 Å². The Kier molecular flexibility index (Phi) is 4.21. The second-order valence-electron chi connectivity index (χ2n) is 4.63. The van der Waals surface area contributed by atoms with Gasteiger partial charge in [-0.15, -0.1) is 0 Å². The highest BCUT2D eigenvalue weighted by molar-refractivity contribution is 9.10. The fraction of sp³-hybridized carbons (Fsp3) is 0.385. The van der Waals surface area contributed by atoms with E-state index in [1.54, 1.807) is 0 Å². The van der Waals surface area contributed by atoms with Gasteiger partial charge in [-0.25, -0.2) is 0 Å². The molecule has 1 aliphatic rings. The Balaban J connectivity index is 2.19. The van der Waals surface area contributed by atoms with E-state index in [9.17, 15) is 9.59 Å². The van der Waals surface area contributed by atoms with Crippen molar-refractivity contribution >= 4 is 33.4 Å². The number of nitrogens with zero attached hydrogens (tertiary/aromatic N) is 1. The molecule has 6 heteroatoms. The molecule has 19 heavy (non-hydrogen) atoms. The molecule has 1 fully saturated rings. The monoisotopic (exact) mass is 325 g/mol. The van der Waals surface area contributed by atoms with Crippen LogP contribution in [0.1, 0.15) is 18.9 Å². The molecule has 1 heterocycles. The first-order valence-electron chi connectivity index (χ1n) is 6.12. The fourth-order valence-corrected chi connectivity index (χ4v) is 2.89. The van der Waals surface area contributed by atoms with Crippen molar-refractivity contribution in [2.24, 2.45) is 0 Å². The average Bonchev–Trinajstić information content (AvgIpc) is 2.26. The van der Waals surface area contributed by atoms with Crippen molar-refractivity contribution < 1.29 is 9.59 Å². The number of anilines is 1. The lowest BCUT2D eigenvalue weighted by molar-refractivity contribution is -0.140. The smallest absolute Gasteiger partial charge is 0.243 e. The molecule has 2 amide bonds. The van der Waals surface area contributed by atoms with Crippen LogP contribution in [0.4, 0.5) is 5.69 Å². The summed E-state index contributed by atoms with van der Waals surface area (Å²) < 4.78 is 0.892. The van der Waals surface area contributed by atoms with E-state index in [2.05, 4.69) is 21.2 Å². The molecule has 1 saturated heterocycles. The lowest BCUT2D eigenvalue weighted by Crippen LogP contribution is -2.57. The number of carbonyl (C=O) groups is 2. The largest absolute Gasteiger partial charge is 0.399 e. The van der Waals surface area contributed by atoms with E-state index in [0.29, 0.717) is 18.7 Å². The molecule has 1 aliphatic heterocycles. The third-order valence-electron chi connectivity index (χ3n) is 3.11. The highest BCUT2D eigenvalue weighted by atomic mass is 79.9. The summed E-state index contributed by atoms with van der Waals surface area (Å²) in [6, 6.07) is 5.35. The van der Waals surface area contributed by atoms with Crippen molar-refractivity contribution in [2.45, 2.75) is 25.9 Å². The van der Waals surface area contributed by atoms with Gasteiger partial charge < -0.3 is 5.73 Å². The van der Waals surface area contributed by atoms with E-state index in [4.69, 9.17) is 5.73 Å². The zero-order valence-corrected chi connectivity index (χ0v) is 12.2. The number of hydrogen-bond acceptors (Lipinski definition) is 4. The summed E-state index contributed by atoms with van der Waals surface area (Å²) >= 11 is 3.39. The topological polar surface area (TPSA) is 75.4 Å². The minimum Gasteiger partial charge on any atom is -0.399 e. The molecular formula is C13H16BrN3O2. The molecule has 1 aromatic rings. The normalized spacial score (nSPS) is 20.4. The molecule has 1 unspecified atom stereocenters. The molecule has 5 nitrogen and oxygen atoms in total. The third kappa shape index (κ3) is 3.33. The lowest BCUT2D eigenvalue weighted by atomic mass is 10.1. The molecule has 1 atom stereocenters. The molecule has 0 aromatic heterocycles. The summed E-state index contributed by atoms with van der Waals surface area (Å²) in [5.41, 5.74) is 7.43. The van der Waals surface area contributed by atoms with Crippen molar-refractivity contribution in [3.8, 4) is 0 Å². The van der Waals surface area contributed by atoms with Crippen LogP contribution in [0.3, 0.4) is 0 Å². The number of nitrogens with one attached hydrogen (secondary N) is 1. The number of piperazine rings is 1. The number of rotatable bonds is 3. The van der Waals surface area contributed by atoms with E-state index in [-0.39, 0.29) is 24.4 Å². The Bertz CT molecular complexity index is 498. The second kappa shape index (κ2) is 5.71. The number of nitrogen functional groups attached to an aromatic ring is 1. The number of hydrogen-bond donors (Lipinski definition) is 2. The minimum atomic E-state index is -0.266. The van der Waals surface area contributed by atoms with Crippen LogP contribution in [0.25, 0.3) is 0 Å². The summed E-state index contributed by atoms with van der Waals surface area (Å²) in [6.45, 7) is 2.69. The zero-order valence-electron chi connectivity index (χ0n) is 10.6. The van der Waals surface area contributed by atoms with Gasteiger partial charge in [0.2, 0.25) is 11.8 Å². The van der Waals surface area contributed by atoms with Crippen molar-refractivity contribution in [3.05, 3.63) is 28.2 Å². The van der Waals surface area contributed by atoms with E-state index in [0.717, 1.165) is 10.0 Å². The number of imide groups is 1. The van der Waals surface area contributed by atoms with Gasteiger partial charge in [-0.05, 0) is 30.2 Å². The standard InChI is InChI=1S/C13H16BrN3O2/c1-2-11-13(19)16-12(18)7-17(11)6-8-3-9(14)5-10(15)4-8/h3-5,11H,2,6-7,15H2,1H3,(H,16,18,19). The number of halogens is 1. The van der Waals surface area contributed by atoms with Gasteiger partial charge in [-0.3, -0.25) is 19.8 Å². The third-order valence-corrected chi connectivity index (χ3v) is 3.56. The van der Waals surface area contributed by atoms with Gasteiger partial charge in [0, 0.05) is 16.7 Å². The highest BCUT2D eigenvalue weighted by Crippen LogP contribution is 2.20. The van der Waals surface area contributed by atoms with Crippen molar-refractivity contribution in [2.75, 3.05) is 12.3 Å². The Hall–Kier alpha value is -1.40.